The molecule has 47 heavy (non-hydrogen) atoms. The van der Waals surface area contributed by atoms with E-state index in [0.29, 0.717) is 19.6 Å². The lowest BCUT2D eigenvalue weighted by Gasteiger charge is -2.34. The fourth-order valence-corrected chi connectivity index (χ4v) is 8.13. The van der Waals surface area contributed by atoms with E-state index in [1.807, 2.05) is 70.3 Å². The second-order valence-corrected chi connectivity index (χ2v) is 16.1. The maximum Gasteiger partial charge on any atom is 0.321 e. The maximum absolute atomic E-state index is 14.0. The second kappa shape index (κ2) is 15.8. The molecule has 1 aliphatic rings. The van der Waals surface area contributed by atoms with Crippen molar-refractivity contribution < 1.29 is 23.1 Å². The molecule has 14 heteroatoms. The van der Waals surface area contributed by atoms with Crippen LogP contribution in [0.25, 0.3) is 0 Å². The van der Waals surface area contributed by atoms with Gasteiger partial charge >= 0.3 is 6.03 Å². The SMILES string of the molecule is Cc1nc(CN2CCN(C(C(=O)N[C@@H](Cc3ccccc3)[C@H](O)CN(CC(C)C)S(=O)(=O)c3ccc(Cl)c(N)c3)C(C)C)C2=O)cs1. The summed E-state index contributed by atoms with van der Waals surface area (Å²) in [5.74, 6) is -0.710. The fraction of sp³-hybridized carbons (Fsp3) is 0.485. The van der Waals surface area contributed by atoms with Crippen LogP contribution >= 0.6 is 22.9 Å². The highest BCUT2D eigenvalue weighted by atomic mass is 35.5. The van der Waals surface area contributed by atoms with E-state index in [1.54, 1.807) is 9.80 Å². The molecule has 11 nitrogen and oxygen atoms in total. The van der Waals surface area contributed by atoms with Gasteiger partial charge in [0.1, 0.15) is 6.04 Å². The number of halogens is 1. The largest absolute Gasteiger partial charge is 0.397 e. The molecule has 1 aromatic heterocycles. The predicted molar refractivity (Wildman–Crippen MR) is 186 cm³/mol. The number of hydrogen-bond donors (Lipinski definition) is 3. The van der Waals surface area contributed by atoms with Gasteiger partial charge in [-0.1, -0.05) is 69.6 Å². The minimum Gasteiger partial charge on any atom is -0.397 e. The van der Waals surface area contributed by atoms with E-state index in [2.05, 4.69) is 10.3 Å². The number of nitrogens with zero attached hydrogens (tertiary/aromatic N) is 4. The van der Waals surface area contributed by atoms with Gasteiger partial charge in [0.15, 0.2) is 0 Å². The Bertz CT molecular complexity index is 1640. The van der Waals surface area contributed by atoms with Gasteiger partial charge in [0.25, 0.3) is 0 Å². The second-order valence-electron chi connectivity index (χ2n) is 12.7. The number of nitrogen functional groups attached to an aromatic ring is 1. The number of thiazole rings is 1. The molecule has 3 amide bonds. The number of benzene rings is 2. The molecule has 4 N–H and O–H groups in total. The molecule has 1 saturated heterocycles. The molecule has 3 aromatic rings. The van der Waals surface area contributed by atoms with Gasteiger partial charge in [-0.2, -0.15) is 4.31 Å². The summed E-state index contributed by atoms with van der Waals surface area (Å²) in [5, 5.41) is 17.8. The van der Waals surface area contributed by atoms with Gasteiger partial charge in [0.05, 0.1) is 45.0 Å². The highest BCUT2D eigenvalue weighted by Crippen LogP contribution is 2.26. The molecule has 0 radical (unpaired) electrons. The van der Waals surface area contributed by atoms with E-state index in [0.717, 1.165) is 16.3 Å². The van der Waals surface area contributed by atoms with Gasteiger partial charge < -0.3 is 26.0 Å². The number of aromatic nitrogens is 1. The molecule has 256 valence electrons. The molecule has 0 spiro atoms. The molecule has 3 atom stereocenters. The Morgan fingerprint density at radius 1 is 1.13 bits per heavy atom. The number of anilines is 1. The highest BCUT2D eigenvalue weighted by molar-refractivity contribution is 7.89. The Morgan fingerprint density at radius 3 is 2.43 bits per heavy atom. The maximum atomic E-state index is 14.0. The van der Waals surface area contributed by atoms with Crippen molar-refractivity contribution in [3.63, 3.8) is 0 Å². The van der Waals surface area contributed by atoms with Crippen molar-refractivity contribution in [2.75, 3.05) is 31.9 Å². The first-order valence-corrected chi connectivity index (χ1v) is 18.4. The smallest absolute Gasteiger partial charge is 0.321 e. The van der Waals surface area contributed by atoms with E-state index in [-0.39, 0.29) is 53.0 Å². The molecule has 4 rings (SSSR count). The third kappa shape index (κ3) is 9.23. The van der Waals surface area contributed by atoms with Crippen molar-refractivity contribution in [3.8, 4) is 0 Å². The van der Waals surface area contributed by atoms with Gasteiger partial charge in [-0.25, -0.2) is 18.2 Å². The Labute approximate surface area is 286 Å². The zero-order chi connectivity index (χ0) is 34.5. The normalized spacial score (nSPS) is 15.9. The Balaban J connectivity index is 1.58. The summed E-state index contributed by atoms with van der Waals surface area (Å²) in [7, 11) is -4.09. The molecule has 0 aliphatic carbocycles. The third-order valence-corrected chi connectivity index (χ3v) is 11.0. The molecule has 0 saturated carbocycles. The van der Waals surface area contributed by atoms with Crippen molar-refractivity contribution in [1.82, 2.24) is 24.4 Å². The Hall–Kier alpha value is -3.23. The summed E-state index contributed by atoms with van der Waals surface area (Å²) in [6, 6.07) is 11.6. The number of aliphatic hydroxyl groups is 1. The van der Waals surface area contributed by atoms with Gasteiger partial charge in [-0.05, 0) is 48.9 Å². The third-order valence-electron chi connectivity index (χ3n) is 8.04. The summed E-state index contributed by atoms with van der Waals surface area (Å²) < 4.78 is 28.9. The molecular formula is C33H45ClN6O5S2. The number of rotatable bonds is 15. The number of nitrogens with one attached hydrogen (secondary N) is 1. The van der Waals surface area contributed by atoms with Crippen molar-refractivity contribution in [2.45, 2.75) is 70.7 Å². The van der Waals surface area contributed by atoms with Crippen LogP contribution in [0, 0.1) is 18.8 Å². The number of carbonyl (C=O) groups excluding carboxylic acids is 2. The summed E-state index contributed by atoms with van der Waals surface area (Å²) >= 11 is 7.57. The molecule has 2 aromatic carbocycles. The number of hydrogen-bond acceptors (Lipinski definition) is 8. The number of amides is 3. The minimum absolute atomic E-state index is 0.0410. The van der Waals surface area contributed by atoms with Crippen LogP contribution in [0.3, 0.4) is 0 Å². The van der Waals surface area contributed by atoms with Crippen LogP contribution in [0.1, 0.15) is 44.0 Å². The van der Waals surface area contributed by atoms with E-state index in [4.69, 9.17) is 17.3 Å². The van der Waals surface area contributed by atoms with Gasteiger partial charge in [-0.3, -0.25) is 4.79 Å². The van der Waals surface area contributed by atoms with E-state index in [9.17, 15) is 23.1 Å². The Morgan fingerprint density at radius 2 is 1.83 bits per heavy atom. The van der Waals surface area contributed by atoms with Gasteiger partial charge in [0.2, 0.25) is 15.9 Å². The van der Waals surface area contributed by atoms with Gasteiger partial charge in [-0.15, -0.1) is 11.3 Å². The van der Waals surface area contributed by atoms with Crippen molar-refractivity contribution in [2.24, 2.45) is 11.8 Å². The number of nitrogens with two attached hydrogens (primary N) is 1. The van der Waals surface area contributed by atoms with Crippen LogP contribution in [0.5, 0.6) is 0 Å². The average molecular weight is 705 g/mol. The predicted octanol–water partition coefficient (Wildman–Crippen LogP) is 4.38. The van der Waals surface area contributed by atoms with E-state index < -0.39 is 34.1 Å². The van der Waals surface area contributed by atoms with Crippen LogP contribution < -0.4 is 11.1 Å². The molecular weight excluding hydrogens is 660 g/mol. The number of carbonyl (C=O) groups is 2. The average Bonchev–Trinajstić information content (AvgIpc) is 3.58. The molecule has 2 heterocycles. The zero-order valence-electron chi connectivity index (χ0n) is 27.5. The summed E-state index contributed by atoms with van der Waals surface area (Å²) in [5.41, 5.74) is 7.71. The standard InChI is InChI=1S/C33H45ClN6O5S2/c1-21(2)17-39(47(44,45)26-11-12-27(34)28(35)16-26)19-30(41)29(15-24-9-7-6-8-10-24)37-32(42)31(22(3)4)40-14-13-38(33(40)43)18-25-20-46-23(5)36-25/h6-12,16,20-22,29-31,41H,13-15,17-19,35H2,1-5H3,(H,37,42)/t29-,30+,31?/m0/s1. The minimum atomic E-state index is -4.09. The van der Waals surface area contributed by atoms with Crippen molar-refractivity contribution in [3.05, 3.63) is 75.2 Å². The first-order valence-electron chi connectivity index (χ1n) is 15.7. The van der Waals surface area contributed by atoms with Crippen LogP contribution in [0.15, 0.2) is 58.8 Å². The monoisotopic (exact) mass is 704 g/mol. The van der Waals surface area contributed by atoms with Crippen LogP contribution in [-0.4, -0.2) is 88.9 Å². The lowest BCUT2D eigenvalue weighted by atomic mass is 9.97. The van der Waals surface area contributed by atoms with Crippen LogP contribution in [-0.2, 0) is 27.8 Å². The lowest BCUT2D eigenvalue weighted by molar-refractivity contribution is -0.128. The topological polar surface area (TPSA) is 149 Å². The number of urea groups is 1. The zero-order valence-corrected chi connectivity index (χ0v) is 29.9. The molecule has 1 unspecified atom stereocenters. The highest BCUT2D eigenvalue weighted by Gasteiger charge is 2.40. The number of sulfonamides is 1. The molecule has 1 aliphatic heterocycles. The van der Waals surface area contributed by atoms with E-state index >= 15 is 0 Å². The van der Waals surface area contributed by atoms with Crippen molar-refractivity contribution >= 4 is 50.6 Å². The first-order chi connectivity index (χ1) is 22.2. The van der Waals surface area contributed by atoms with Crippen LogP contribution in [0.2, 0.25) is 5.02 Å². The summed E-state index contributed by atoms with van der Waals surface area (Å²) in [6.07, 6.45) is -1.05. The lowest BCUT2D eigenvalue weighted by Crippen LogP contribution is -2.57. The molecule has 0 bridgehead atoms. The van der Waals surface area contributed by atoms with Gasteiger partial charge in [0, 0.05) is 31.6 Å². The van der Waals surface area contributed by atoms with Crippen LogP contribution in [0.4, 0.5) is 10.5 Å². The first kappa shape index (κ1) is 36.6. The van der Waals surface area contributed by atoms with Crippen molar-refractivity contribution in [1.29, 1.82) is 0 Å². The van der Waals surface area contributed by atoms with E-state index in [1.165, 1.54) is 33.8 Å². The molecule has 1 fully saturated rings. The Kier molecular flexibility index (Phi) is 12.3. The number of aliphatic hydroxyl groups excluding tert-OH is 1. The summed E-state index contributed by atoms with van der Waals surface area (Å²) in [4.78, 5) is 35.3. The fourth-order valence-electron chi connectivity index (χ4n) is 5.75. The quantitative estimate of drug-likeness (QED) is 0.199. The summed E-state index contributed by atoms with van der Waals surface area (Å²) in [6.45, 7) is 10.5. The number of aryl methyl sites for hydroxylation is 1.